The molecule has 0 aliphatic carbocycles. The summed E-state index contributed by atoms with van der Waals surface area (Å²) in [7, 11) is 1.59. The Bertz CT molecular complexity index is 965. The number of methoxy groups -OCH3 is 1. The molecule has 3 amide bonds. The Morgan fingerprint density at radius 3 is 2.81 bits per heavy atom. The van der Waals surface area contributed by atoms with E-state index in [-0.39, 0.29) is 11.9 Å². The first-order valence-corrected chi connectivity index (χ1v) is 11.1. The van der Waals surface area contributed by atoms with E-state index in [4.69, 9.17) is 9.47 Å². The number of ether oxygens (including phenoxy) is 2. The van der Waals surface area contributed by atoms with Crippen LogP contribution in [0.25, 0.3) is 0 Å². The lowest BCUT2D eigenvalue weighted by molar-refractivity contribution is -0.171. The number of fused-ring (bicyclic) bond motifs is 2. The average Bonchev–Trinajstić information content (AvgIpc) is 3.28. The number of hydrogen-bond donors (Lipinski definition) is 2. The van der Waals surface area contributed by atoms with Crippen LogP contribution in [0, 0.1) is 5.92 Å². The summed E-state index contributed by atoms with van der Waals surface area (Å²) in [5, 5.41) is 5.91. The van der Waals surface area contributed by atoms with Gasteiger partial charge in [-0.15, -0.1) is 0 Å². The van der Waals surface area contributed by atoms with Gasteiger partial charge in [-0.25, -0.2) is 9.78 Å². The van der Waals surface area contributed by atoms with Crippen LogP contribution >= 0.6 is 0 Å². The van der Waals surface area contributed by atoms with Gasteiger partial charge in [0.25, 0.3) is 5.91 Å². The number of nitrogens with zero attached hydrogens (tertiary/aromatic N) is 3. The van der Waals surface area contributed by atoms with Crippen LogP contribution in [0.2, 0.25) is 0 Å². The van der Waals surface area contributed by atoms with Crippen LogP contribution in [0.5, 0.6) is 5.75 Å². The molecule has 32 heavy (non-hydrogen) atoms. The number of aromatic nitrogens is 2. The zero-order chi connectivity index (χ0) is 22.7. The molecule has 1 fully saturated rings. The van der Waals surface area contributed by atoms with Crippen LogP contribution in [-0.2, 0) is 21.7 Å². The van der Waals surface area contributed by atoms with E-state index in [1.807, 2.05) is 29.0 Å². The van der Waals surface area contributed by atoms with Gasteiger partial charge >= 0.3 is 6.03 Å². The Labute approximate surface area is 188 Å². The molecule has 2 aliphatic heterocycles. The summed E-state index contributed by atoms with van der Waals surface area (Å²) in [4.78, 5) is 31.8. The van der Waals surface area contributed by atoms with Gasteiger partial charge in [0, 0.05) is 56.6 Å². The highest BCUT2D eigenvalue weighted by atomic mass is 16.5. The van der Waals surface area contributed by atoms with Gasteiger partial charge in [0.2, 0.25) is 0 Å². The fourth-order valence-corrected chi connectivity index (χ4v) is 4.27. The van der Waals surface area contributed by atoms with Crippen molar-refractivity contribution < 1.29 is 19.1 Å². The molecule has 0 bridgehead atoms. The van der Waals surface area contributed by atoms with Crippen LogP contribution in [0.3, 0.4) is 0 Å². The van der Waals surface area contributed by atoms with E-state index in [0.717, 1.165) is 5.82 Å². The van der Waals surface area contributed by atoms with Crippen LogP contribution in [0.4, 0.5) is 10.5 Å². The van der Waals surface area contributed by atoms with Crippen LogP contribution in [0.1, 0.15) is 32.5 Å². The fraction of sp³-hybridized carbons (Fsp3) is 0.522. The van der Waals surface area contributed by atoms with E-state index in [1.54, 1.807) is 24.3 Å². The molecule has 1 saturated heterocycles. The van der Waals surface area contributed by atoms with E-state index >= 15 is 0 Å². The smallest absolute Gasteiger partial charge is 0.321 e. The molecule has 9 heteroatoms. The third-order valence-electron chi connectivity index (χ3n) is 6.01. The zero-order valence-corrected chi connectivity index (χ0v) is 18.8. The average molecular weight is 442 g/mol. The zero-order valence-electron chi connectivity index (χ0n) is 18.8. The molecule has 2 N–H and O–H groups in total. The van der Waals surface area contributed by atoms with Crippen molar-refractivity contribution in [1.82, 2.24) is 19.8 Å². The number of carbonyl (C=O) groups is 2. The van der Waals surface area contributed by atoms with Gasteiger partial charge in [0.15, 0.2) is 6.10 Å². The monoisotopic (exact) mass is 441 g/mol. The minimum absolute atomic E-state index is 0.101. The first-order chi connectivity index (χ1) is 15.4. The predicted octanol–water partition coefficient (Wildman–Crippen LogP) is 2.59. The second-order valence-electron chi connectivity index (χ2n) is 8.79. The molecule has 1 spiro atoms. The van der Waals surface area contributed by atoms with Crippen molar-refractivity contribution in [2.75, 3.05) is 32.1 Å². The van der Waals surface area contributed by atoms with Crippen molar-refractivity contribution in [3.8, 4) is 5.75 Å². The number of amides is 3. The third kappa shape index (κ3) is 4.57. The normalized spacial score (nSPS) is 19.5. The molecule has 1 atom stereocenters. The highest BCUT2D eigenvalue weighted by Crippen LogP contribution is 2.40. The summed E-state index contributed by atoms with van der Waals surface area (Å²) < 4.78 is 13.6. The molecule has 2 aromatic rings. The maximum Gasteiger partial charge on any atom is 0.321 e. The molecule has 9 nitrogen and oxygen atoms in total. The highest BCUT2D eigenvalue weighted by Gasteiger charge is 2.47. The summed E-state index contributed by atoms with van der Waals surface area (Å²) in [6.07, 6.45) is 4.21. The number of anilines is 1. The van der Waals surface area contributed by atoms with Gasteiger partial charge in [-0.2, -0.15) is 0 Å². The molecule has 4 rings (SSSR count). The third-order valence-corrected chi connectivity index (χ3v) is 6.01. The number of likely N-dealkylation sites (tertiary alicyclic amines) is 1. The maximum atomic E-state index is 12.8. The number of nitrogens with one attached hydrogen (secondary N) is 2. The van der Waals surface area contributed by atoms with Gasteiger partial charge in [0.1, 0.15) is 17.2 Å². The lowest BCUT2D eigenvalue weighted by atomic mass is 9.88. The van der Waals surface area contributed by atoms with Crippen LogP contribution in [-0.4, -0.2) is 59.2 Å². The lowest BCUT2D eigenvalue weighted by Crippen LogP contribution is -2.55. The number of hydrogen-bond acceptors (Lipinski definition) is 5. The Hall–Kier alpha value is -3.07. The Morgan fingerprint density at radius 1 is 1.31 bits per heavy atom. The number of rotatable bonds is 5. The van der Waals surface area contributed by atoms with Gasteiger partial charge in [-0.3, -0.25) is 4.79 Å². The first kappa shape index (κ1) is 22.1. The maximum absolute atomic E-state index is 12.8. The second kappa shape index (κ2) is 9.20. The summed E-state index contributed by atoms with van der Waals surface area (Å²) in [6.45, 7) is 6.18. The molecule has 1 aromatic heterocycles. The summed E-state index contributed by atoms with van der Waals surface area (Å²) in [6, 6.07) is 7.10. The summed E-state index contributed by atoms with van der Waals surface area (Å²) in [5.74, 6) is 1.78. The quantitative estimate of drug-likeness (QED) is 0.743. The molecule has 1 aromatic carbocycles. The van der Waals surface area contributed by atoms with Crippen LogP contribution < -0.4 is 15.4 Å². The van der Waals surface area contributed by atoms with E-state index in [2.05, 4.69) is 29.5 Å². The fourth-order valence-electron chi connectivity index (χ4n) is 4.27. The van der Waals surface area contributed by atoms with Gasteiger partial charge < -0.3 is 29.6 Å². The molecule has 0 saturated carbocycles. The van der Waals surface area contributed by atoms with Crippen LogP contribution in [0.15, 0.2) is 36.7 Å². The minimum atomic E-state index is -0.672. The van der Waals surface area contributed by atoms with Crippen molar-refractivity contribution >= 4 is 17.6 Å². The van der Waals surface area contributed by atoms with Crippen molar-refractivity contribution in [1.29, 1.82) is 0 Å². The number of benzene rings is 1. The van der Waals surface area contributed by atoms with E-state index < -0.39 is 11.7 Å². The van der Waals surface area contributed by atoms with E-state index in [9.17, 15) is 9.59 Å². The SMILES string of the molecule is COc1cccc(NC(=O)N2CCC3(CC2)O[C@@H](C(=O)NCC(C)C)Cn2ccnc23)c1. The van der Waals surface area contributed by atoms with Crippen molar-refractivity contribution in [2.24, 2.45) is 5.92 Å². The van der Waals surface area contributed by atoms with Crippen molar-refractivity contribution in [3.63, 3.8) is 0 Å². The Kier molecular flexibility index (Phi) is 6.36. The molecule has 0 unspecified atom stereocenters. The van der Waals surface area contributed by atoms with E-state index in [0.29, 0.717) is 56.4 Å². The van der Waals surface area contributed by atoms with Gasteiger partial charge in [-0.05, 0) is 18.1 Å². The van der Waals surface area contributed by atoms with E-state index in [1.165, 1.54) is 0 Å². The number of urea groups is 1. The molecule has 3 heterocycles. The predicted molar refractivity (Wildman–Crippen MR) is 119 cm³/mol. The summed E-state index contributed by atoms with van der Waals surface area (Å²) >= 11 is 0. The standard InChI is InChI=1S/C23H31N5O4/c1-16(2)14-25-20(29)19-15-28-12-9-24-21(28)23(32-19)7-10-27(11-8-23)22(30)26-17-5-4-6-18(13-17)31-3/h4-6,9,12-13,16,19H,7-8,10-11,14-15H2,1-3H3,(H,25,29)(H,26,30)/t19-/m1/s1. The minimum Gasteiger partial charge on any atom is -0.497 e. The highest BCUT2D eigenvalue weighted by molar-refractivity contribution is 5.89. The Balaban J connectivity index is 1.42. The molecule has 2 aliphatic rings. The van der Waals surface area contributed by atoms with Gasteiger partial charge in [-0.1, -0.05) is 19.9 Å². The topological polar surface area (TPSA) is 97.7 Å². The van der Waals surface area contributed by atoms with Crippen molar-refractivity contribution in [2.45, 2.75) is 44.9 Å². The Morgan fingerprint density at radius 2 is 2.09 bits per heavy atom. The van der Waals surface area contributed by atoms with Gasteiger partial charge in [0.05, 0.1) is 13.7 Å². The number of piperidine rings is 1. The number of carbonyl (C=O) groups excluding carboxylic acids is 2. The number of imidazole rings is 1. The molecular weight excluding hydrogens is 410 g/mol. The van der Waals surface area contributed by atoms with Crippen molar-refractivity contribution in [3.05, 3.63) is 42.5 Å². The lowest BCUT2D eigenvalue weighted by Gasteiger charge is -2.45. The largest absolute Gasteiger partial charge is 0.497 e. The second-order valence-corrected chi connectivity index (χ2v) is 8.79. The molecule has 0 radical (unpaired) electrons. The summed E-state index contributed by atoms with van der Waals surface area (Å²) in [5.41, 5.74) is 0.00918. The first-order valence-electron chi connectivity index (χ1n) is 11.1. The molecule has 172 valence electrons. The molecular formula is C23H31N5O4.